The van der Waals surface area contributed by atoms with E-state index in [-0.39, 0.29) is 36.4 Å². The quantitative estimate of drug-likeness (QED) is 0.147. The maximum Gasteiger partial charge on any atom is 0.260 e. The van der Waals surface area contributed by atoms with Gasteiger partial charge in [-0.1, -0.05) is 71.8 Å². The molecule has 0 aromatic heterocycles. The molecule has 3 aliphatic heterocycles. The first kappa shape index (κ1) is 37.1. The van der Waals surface area contributed by atoms with E-state index in [2.05, 4.69) is 22.5 Å². The number of benzene rings is 4. The number of nitrogens with one attached hydrogen (secondary N) is 1. The first-order valence-electron chi connectivity index (χ1n) is 19.5. The van der Waals surface area contributed by atoms with E-state index in [0.29, 0.717) is 40.4 Å². The number of aromatic hydroxyl groups is 1. The molecule has 0 radical (unpaired) electrons. The number of carbonyl (C=O) groups is 4. The Balaban J connectivity index is 1.12. The summed E-state index contributed by atoms with van der Waals surface area (Å²) in [4.78, 5) is 63.2. The van der Waals surface area contributed by atoms with Crippen molar-refractivity contribution in [2.75, 3.05) is 25.6 Å². The lowest BCUT2D eigenvalue weighted by atomic mass is 9.49. The van der Waals surface area contributed by atoms with Crippen molar-refractivity contribution in [3.8, 4) is 11.5 Å². The average molecular weight is 789 g/mol. The van der Waals surface area contributed by atoms with E-state index in [1.807, 2.05) is 24.3 Å². The lowest BCUT2D eigenvalue weighted by Gasteiger charge is -2.50. The topological polar surface area (TPSA) is 119 Å². The van der Waals surface area contributed by atoms with E-state index in [0.717, 1.165) is 30.2 Å². The van der Waals surface area contributed by atoms with Crippen molar-refractivity contribution in [2.24, 2.45) is 23.7 Å². The highest BCUT2D eigenvalue weighted by atomic mass is 35.5. The third-order valence-corrected chi connectivity index (χ3v) is 13.3. The van der Waals surface area contributed by atoms with Gasteiger partial charge in [-0.25, -0.2) is 4.39 Å². The van der Waals surface area contributed by atoms with Gasteiger partial charge in [0.05, 0.1) is 36.0 Å². The van der Waals surface area contributed by atoms with Crippen molar-refractivity contribution in [1.29, 1.82) is 0 Å². The van der Waals surface area contributed by atoms with E-state index in [1.54, 1.807) is 36.4 Å². The van der Waals surface area contributed by atoms with Gasteiger partial charge in [-0.15, -0.1) is 0 Å². The molecule has 0 unspecified atom stereocenters. The highest BCUT2D eigenvalue weighted by Gasteiger charge is 2.70. The number of imide groups is 2. The molecule has 292 valence electrons. The number of likely N-dealkylation sites (tertiary alicyclic amines) is 2. The minimum absolute atomic E-state index is 0.109. The number of methoxy groups -OCH3 is 1. The smallest absolute Gasteiger partial charge is 0.260 e. The Morgan fingerprint density at radius 3 is 2.28 bits per heavy atom. The molecule has 1 saturated carbocycles. The standard InChI is InChI=1S/C45H42ClFN4O6/c1-57-32-15-16-34(38(52)23-32)40-33-17-18-35-39(43(55)50(41(35)53)31-19-21-49(22-20-31)25-26-5-3-2-4-6-26)36(33)24-37-42(54)51(48-30-13-11-29(47)12-14-30)44(56)45(37,40)27-7-9-28(46)10-8-27/h2-17,23,31,35-37,39-40,48,52H,18-22,24-25H2,1H3/t35-,36+,37-,39-,40+,45+/m0/s1. The molecular formula is C45H42ClFN4O6. The molecule has 5 aliphatic rings. The van der Waals surface area contributed by atoms with Gasteiger partial charge < -0.3 is 9.84 Å². The summed E-state index contributed by atoms with van der Waals surface area (Å²) < 4.78 is 19.4. The zero-order valence-electron chi connectivity index (χ0n) is 31.3. The number of hydrogen-bond donors (Lipinski definition) is 2. The van der Waals surface area contributed by atoms with Crippen LogP contribution in [0.1, 0.15) is 48.3 Å². The molecule has 12 heteroatoms. The average Bonchev–Trinajstić information content (AvgIpc) is 3.60. The first-order valence-corrected chi connectivity index (χ1v) is 19.8. The molecule has 0 bridgehead atoms. The zero-order chi connectivity index (χ0) is 39.6. The molecular weight excluding hydrogens is 747 g/mol. The van der Waals surface area contributed by atoms with Crippen molar-refractivity contribution in [1.82, 2.24) is 14.8 Å². The number of phenols is 1. The number of carbonyl (C=O) groups excluding carboxylic acids is 4. The third-order valence-electron chi connectivity index (χ3n) is 13.0. The van der Waals surface area contributed by atoms with Gasteiger partial charge in [0.25, 0.3) is 11.8 Å². The molecule has 9 rings (SSSR count). The van der Waals surface area contributed by atoms with Crippen molar-refractivity contribution in [2.45, 2.75) is 49.6 Å². The maximum atomic E-state index is 15.3. The van der Waals surface area contributed by atoms with Crippen LogP contribution in [0.25, 0.3) is 0 Å². The van der Waals surface area contributed by atoms with Crippen LogP contribution in [0.2, 0.25) is 5.02 Å². The van der Waals surface area contributed by atoms with E-state index < -0.39 is 52.6 Å². The monoisotopic (exact) mass is 788 g/mol. The Bertz CT molecular complexity index is 2280. The number of amides is 4. The molecule has 2 aliphatic carbocycles. The molecule has 3 saturated heterocycles. The molecule has 10 nitrogen and oxygen atoms in total. The van der Waals surface area contributed by atoms with E-state index in [1.165, 1.54) is 47.9 Å². The highest BCUT2D eigenvalue weighted by molar-refractivity contribution is 6.30. The highest BCUT2D eigenvalue weighted by Crippen LogP contribution is 2.65. The van der Waals surface area contributed by atoms with Crippen LogP contribution < -0.4 is 10.2 Å². The number of hydrazine groups is 1. The van der Waals surface area contributed by atoms with Crippen LogP contribution in [-0.2, 0) is 31.1 Å². The second-order valence-electron chi connectivity index (χ2n) is 15.8. The second-order valence-corrected chi connectivity index (χ2v) is 16.3. The lowest BCUT2D eigenvalue weighted by Crippen LogP contribution is -2.53. The lowest BCUT2D eigenvalue weighted by molar-refractivity contribution is -0.144. The summed E-state index contributed by atoms with van der Waals surface area (Å²) in [6.45, 7) is 2.29. The number of piperidine rings is 1. The Morgan fingerprint density at radius 1 is 0.877 bits per heavy atom. The Morgan fingerprint density at radius 2 is 1.60 bits per heavy atom. The minimum atomic E-state index is -1.60. The van der Waals surface area contributed by atoms with Gasteiger partial charge in [-0.3, -0.25) is 34.4 Å². The van der Waals surface area contributed by atoms with E-state index >= 15 is 4.79 Å². The number of hydrogen-bond acceptors (Lipinski definition) is 8. The summed E-state index contributed by atoms with van der Waals surface area (Å²) >= 11 is 6.39. The second kappa shape index (κ2) is 14.5. The first-order chi connectivity index (χ1) is 27.6. The van der Waals surface area contributed by atoms with Gasteiger partial charge in [-0.05, 0) is 85.2 Å². The van der Waals surface area contributed by atoms with Crippen molar-refractivity contribution >= 4 is 40.9 Å². The molecule has 4 amide bonds. The fourth-order valence-corrected chi connectivity index (χ4v) is 10.6. The Hall–Kier alpha value is -5.52. The molecule has 0 spiro atoms. The van der Waals surface area contributed by atoms with Gasteiger partial charge in [-0.2, -0.15) is 5.01 Å². The zero-order valence-corrected chi connectivity index (χ0v) is 32.1. The van der Waals surface area contributed by atoms with Crippen LogP contribution in [0.15, 0.2) is 109 Å². The molecule has 57 heavy (non-hydrogen) atoms. The molecule has 4 aromatic rings. The number of nitrogens with zero attached hydrogens (tertiary/aromatic N) is 3. The predicted molar refractivity (Wildman–Crippen MR) is 210 cm³/mol. The Kier molecular flexibility index (Phi) is 9.40. The van der Waals surface area contributed by atoms with Crippen LogP contribution in [0.5, 0.6) is 11.5 Å². The fourth-order valence-electron chi connectivity index (χ4n) is 10.5. The number of rotatable bonds is 8. The summed E-state index contributed by atoms with van der Waals surface area (Å²) in [6, 6.07) is 27.0. The number of halogens is 2. The van der Waals surface area contributed by atoms with Crippen LogP contribution in [0, 0.1) is 29.5 Å². The van der Waals surface area contributed by atoms with Gasteiger partial charge in [0, 0.05) is 48.2 Å². The Labute approximate surface area is 334 Å². The van der Waals surface area contributed by atoms with Crippen molar-refractivity contribution < 1.29 is 33.4 Å². The summed E-state index contributed by atoms with van der Waals surface area (Å²) in [5.74, 6) is -5.63. The normalized spacial score (nSPS) is 27.6. The number of anilines is 1. The van der Waals surface area contributed by atoms with Crippen molar-refractivity contribution in [3.05, 3.63) is 136 Å². The van der Waals surface area contributed by atoms with Crippen LogP contribution >= 0.6 is 11.6 Å². The fraction of sp³-hybridized carbons (Fsp3) is 0.333. The predicted octanol–water partition coefficient (Wildman–Crippen LogP) is 6.84. The summed E-state index contributed by atoms with van der Waals surface area (Å²) in [6.07, 6.45) is 3.68. The van der Waals surface area contributed by atoms with E-state index in [4.69, 9.17) is 16.3 Å². The molecule has 4 aromatic carbocycles. The molecule has 6 atom stereocenters. The van der Waals surface area contributed by atoms with Gasteiger partial charge in [0.2, 0.25) is 11.8 Å². The maximum absolute atomic E-state index is 15.3. The summed E-state index contributed by atoms with van der Waals surface area (Å²) in [5, 5.41) is 13.2. The van der Waals surface area contributed by atoms with Gasteiger partial charge in [0.15, 0.2) is 0 Å². The van der Waals surface area contributed by atoms with Crippen molar-refractivity contribution in [3.63, 3.8) is 0 Å². The molecule has 3 heterocycles. The van der Waals surface area contributed by atoms with Crippen LogP contribution in [0.3, 0.4) is 0 Å². The number of fused-ring (bicyclic) bond motifs is 4. The summed E-state index contributed by atoms with van der Waals surface area (Å²) in [5.41, 5.74) is 4.51. The van der Waals surface area contributed by atoms with Gasteiger partial charge in [0.1, 0.15) is 17.3 Å². The summed E-state index contributed by atoms with van der Waals surface area (Å²) in [7, 11) is 1.49. The SMILES string of the molecule is COc1ccc([C@H]2C3=CC[C@@H]4C(=O)N(C5CCN(Cc6ccccc6)CC5)C(=O)[C@@H]4[C@@H]3C[C@H]3C(=O)N(Nc4ccc(F)cc4)C(=O)[C@@]23c2ccc(Cl)cc2)c(O)c1. The van der Waals surface area contributed by atoms with E-state index in [9.17, 15) is 23.9 Å². The molecule has 4 fully saturated rings. The van der Waals surface area contributed by atoms with Gasteiger partial charge >= 0.3 is 0 Å². The van der Waals surface area contributed by atoms with Crippen LogP contribution in [0.4, 0.5) is 10.1 Å². The largest absolute Gasteiger partial charge is 0.508 e. The third kappa shape index (κ3) is 6.01. The number of phenolic OH excluding ortho intramolecular Hbond substituents is 1. The number of ether oxygens (including phenoxy) is 1. The van der Waals surface area contributed by atoms with Crippen LogP contribution in [-0.4, -0.2) is 69.8 Å². The molecule has 2 N–H and O–H groups in total. The minimum Gasteiger partial charge on any atom is -0.508 e. The number of allylic oxidation sites excluding steroid dienone is 2.